The van der Waals surface area contributed by atoms with Crippen LogP contribution in [0.25, 0.3) is 10.9 Å². The topological polar surface area (TPSA) is 142 Å². The minimum absolute atomic E-state index is 0.0172. The van der Waals surface area contributed by atoms with Crippen LogP contribution in [0.4, 0.5) is 17.2 Å². The number of rotatable bonds is 7. The normalized spacial score (nSPS) is 11.0. The first-order chi connectivity index (χ1) is 15.0. The second-order valence-electron chi connectivity index (χ2n) is 7.42. The highest BCUT2D eigenvalue weighted by atomic mass is 35.5. The number of nitrogens with one attached hydrogen (secondary N) is 2. The fourth-order valence-electron chi connectivity index (χ4n) is 3.21. The summed E-state index contributed by atoms with van der Waals surface area (Å²) >= 11 is 12.4. The number of carbonyl (C=O) groups is 2. The third-order valence-corrected chi connectivity index (χ3v) is 5.26. The largest absolute Gasteiger partial charge is 0.478 e. The zero-order valence-corrected chi connectivity index (χ0v) is 18.4. The minimum Gasteiger partial charge on any atom is -0.478 e. The molecule has 9 nitrogen and oxygen atoms in total. The number of H-pyrrole nitrogens is 1. The number of benzene rings is 2. The summed E-state index contributed by atoms with van der Waals surface area (Å²) in [4.78, 5) is 51.0. The van der Waals surface area contributed by atoms with E-state index < -0.39 is 27.8 Å². The Kier molecular flexibility index (Phi) is 6.52. The molecule has 0 saturated heterocycles. The van der Waals surface area contributed by atoms with Crippen molar-refractivity contribution in [2.45, 2.75) is 20.3 Å². The first-order valence-corrected chi connectivity index (χ1v) is 10.1. The maximum atomic E-state index is 13.3. The van der Waals surface area contributed by atoms with E-state index in [9.17, 15) is 24.5 Å². The van der Waals surface area contributed by atoms with E-state index in [1.165, 1.54) is 24.3 Å². The Labute approximate surface area is 191 Å². The number of carboxylic acid groups (broad SMARTS) is 1. The van der Waals surface area contributed by atoms with Gasteiger partial charge in [0.2, 0.25) is 5.43 Å². The van der Waals surface area contributed by atoms with Crippen LogP contribution in [0.1, 0.15) is 41.0 Å². The molecule has 0 radical (unpaired) electrons. The van der Waals surface area contributed by atoms with Crippen LogP contribution in [0.15, 0.2) is 35.1 Å². The van der Waals surface area contributed by atoms with Crippen molar-refractivity contribution >= 4 is 63.0 Å². The second-order valence-corrected chi connectivity index (χ2v) is 8.24. The summed E-state index contributed by atoms with van der Waals surface area (Å²) in [6.45, 7) is 3.59. The molecular weight excluding hydrogens is 461 g/mol. The molecule has 0 aliphatic rings. The molecule has 3 N–H and O–H groups in total. The SMILES string of the molecule is CC(C)CC(=O)c1c(Nc2ccc(C(=O)O)cc2Cl)[nH]c2c(Cl)ccc([N+](=O)[O-])c2c1=O. The molecule has 3 rings (SSSR count). The number of ketones is 1. The third-order valence-electron chi connectivity index (χ3n) is 4.63. The summed E-state index contributed by atoms with van der Waals surface area (Å²) in [6, 6.07) is 6.25. The summed E-state index contributed by atoms with van der Waals surface area (Å²) in [5.41, 5.74) is -1.50. The van der Waals surface area contributed by atoms with E-state index in [-0.39, 0.29) is 55.9 Å². The molecule has 11 heteroatoms. The van der Waals surface area contributed by atoms with Gasteiger partial charge in [-0.3, -0.25) is 19.7 Å². The van der Waals surface area contributed by atoms with Crippen molar-refractivity contribution in [3.05, 3.63) is 71.8 Å². The average Bonchev–Trinajstić information content (AvgIpc) is 2.69. The maximum Gasteiger partial charge on any atom is 0.335 e. The van der Waals surface area contributed by atoms with Crippen LogP contribution in [0.3, 0.4) is 0 Å². The van der Waals surface area contributed by atoms with Crippen LogP contribution in [-0.4, -0.2) is 26.8 Å². The molecule has 0 unspecified atom stereocenters. The number of carboxylic acids is 1. The number of non-ortho nitro benzene ring substituents is 1. The monoisotopic (exact) mass is 477 g/mol. The number of nitro benzene ring substituents is 1. The molecule has 0 spiro atoms. The Morgan fingerprint density at radius 3 is 2.44 bits per heavy atom. The number of nitro groups is 1. The van der Waals surface area contributed by atoms with E-state index in [0.29, 0.717) is 0 Å². The molecule has 0 bridgehead atoms. The predicted molar refractivity (Wildman–Crippen MR) is 122 cm³/mol. The Morgan fingerprint density at radius 2 is 1.88 bits per heavy atom. The van der Waals surface area contributed by atoms with E-state index in [2.05, 4.69) is 10.3 Å². The molecule has 1 aromatic heterocycles. The zero-order chi connectivity index (χ0) is 23.7. The maximum absolute atomic E-state index is 13.3. The lowest BCUT2D eigenvalue weighted by molar-refractivity contribution is -0.383. The van der Waals surface area contributed by atoms with Crippen LogP contribution in [0.2, 0.25) is 10.0 Å². The van der Waals surface area contributed by atoms with Crippen molar-refractivity contribution in [3.63, 3.8) is 0 Å². The highest BCUT2D eigenvalue weighted by Gasteiger charge is 2.26. The molecule has 32 heavy (non-hydrogen) atoms. The average molecular weight is 478 g/mol. The summed E-state index contributed by atoms with van der Waals surface area (Å²) in [6.07, 6.45) is 0.0172. The number of hydrogen-bond donors (Lipinski definition) is 3. The number of aromatic amines is 1. The number of aromatic carboxylic acids is 1. The number of anilines is 2. The molecule has 166 valence electrons. The number of aromatic nitrogens is 1. The quantitative estimate of drug-likeness (QED) is 0.234. The number of pyridine rings is 1. The van der Waals surface area contributed by atoms with Gasteiger partial charge < -0.3 is 15.4 Å². The van der Waals surface area contributed by atoms with Gasteiger partial charge in [-0.2, -0.15) is 0 Å². The smallest absolute Gasteiger partial charge is 0.335 e. The van der Waals surface area contributed by atoms with Crippen LogP contribution < -0.4 is 10.7 Å². The summed E-state index contributed by atoms with van der Waals surface area (Å²) in [5, 5.41) is 23.2. The van der Waals surface area contributed by atoms with Gasteiger partial charge >= 0.3 is 5.97 Å². The lowest BCUT2D eigenvalue weighted by Crippen LogP contribution is -2.21. The number of halogens is 2. The molecule has 1 heterocycles. The lowest BCUT2D eigenvalue weighted by atomic mass is 9.99. The molecule has 0 aliphatic carbocycles. The van der Waals surface area contributed by atoms with Crippen LogP contribution in [0.5, 0.6) is 0 Å². The van der Waals surface area contributed by atoms with E-state index >= 15 is 0 Å². The molecule has 0 aliphatic heterocycles. The van der Waals surface area contributed by atoms with Crippen LogP contribution >= 0.6 is 23.2 Å². The highest BCUT2D eigenvalue weighted by Crippen LogP contribution is 2.33. The first-order valence-electron chi connectivity index (χ1n) is 9.37. The summed E-state index contributed by atoms with van der Waals surface area (Å²) < 4.78 is 0. The van der Waals surface area contributed by atoms with Gasteiger partial charge in [-0.15, -0.1) is 0 Å². The Balaban J connectivity index is 2.30. The number of nitrogens with zero attached hydrogens (tertiary/aromatic N) is 1. The number of carbonyl (C=O) groups excluding carboxylic acids is 1. The number of Topliss-reactive ketones (excluding diaryl/α,β-unsaturated/α-hetero) is 1. The molecule has 0 saturated carbocycles. The van der Waals surface area contributed by atoms with Crippen LogP contribution in [-0.2, 0) is 0 Å². The standard InChI is InChI=1S/C21H17Cl2N3O6/c1-9(2)7-15(27)17-19(28)16-14(26(31)32)6-4-11(22)18(16)25-20(17)24-13-5-3-10(21(29)30)8-12(13)23/h3-6,8-9H,7H2,1-2H3,(H,29,30)(H2,24,25,28). The van der Waals surface area contributed by atoms with Gasteiger partial charge in [0.05, 0.1) is 31.7 Å². The molecule has 0 atom stereocenters. The molecule has 2 aromatic carbocycles. The van der Waals surface area contributed by atoms with Crippen molar-refractivity contribution in [1.29, 1.82) is 0 Å². The number of fused-ring (bicyclic) bond motifs is 1. The van der Waals surface area contributed by atoms with Gasteiger partial charge in [0, 0.05) is 12.5 Å². The van der Waals surface area contributed by atoms with E-state index in [4.69, 9.17) is 28.3 Å². The number of hydrogen-bond acceptors (Lipinski definition) is 6. The van der Waals surface area contributed by atoms with Gasteiger partial charge in [0.15, 0.2) is 5.78 Å². The van der Waals surface area contributed by atoms with Crippen molar-refractivity contribution in [2.75, 3.05) is 5.32 Å². The third kappa shape index (κ3) is 4.44. The highest BCUT2D eigenvalue weighted by molar-refractivity contribution is 6.35. The predicted octanol–water partition coefficient (Wildman–Crippen LogP) is 5.41. The van der Waals surface area contributed by atoms with Crippen molar-refractivity contribution in [3.8, 4) is 0 Å². The van der Waals surface area contributed by atoms with Gasteiger partial charge in [0.1, 0.15) is 16.8 Å². The van der Waals surface area contributed by atoms with E-state index in [1.807, 2.05) is 0 Å². The summed E-state index contributed by atoms with van der Waals surface area (Å²) in [7, 11) is 0. The Bertz CT molecular complexity index is 1330. The van der Waals surface area contributed by atoms with Crippen LogP contribution in [0, 0.1) is 16.0 Å². The fraction of sp³-hybridized carbons (Fsp3) is 0.190. The lowest BCUT2D eigenvalue weighted by Gasteiger charge is -2.15. The van der Waals surface area contributed by atoms with Crippen molar-refractivity contribution < 1.29 is 19.6 Å². The van der Waals surface area contributed by atoms with Crippen molar-refractivity contribution in [2.24, 2.45) is 5.92 Å². The zero-order valence-electron chi connectivity index (χ0n) is 16.9. The first kappa shape index (κ1) is 23.2. The summed E-state index contributed by atoms with van der Waals surface area (Å²) in [5.74, 6) is -1.85. The molecular formula is C21H17Cl2N3O6. The Morgan fingerprint density at radius 1 is 1.19 bits per heavy atom. The van der Waals surface area contributed by atoms with Crippen molar-refractivity contribution in [1.82, 2.24) is 4.98 Å². The minimum atomic E-state index is -1.18. The van der Waals surface area contributed by atoms with Gasteiger partial charge in [-0.25, -0.2) is 4.79 Å². The van der Waals surface area contributed by atoms with Gasteiger partial charge in [-0.05, 0) is 30.2 Å². The van der Waals surface area contributed by atoms with E-state index in [0.717, 1.165) is 6.07 Å². The second kappa shape index (κ2) is 8.97. The van der Waals surface area contributed by atoms with E-state index in [1.54, 1.807) is 13.8 Å². The van der Waals surface area contributed by atoms with Gasteiger partial charge in [-0.1, -0.05) is 37.0 Å². The molecule has 0 amide bonds. The fourth-order valence-corrected chi connectivity index (χ4v) is 3.65. The molecule has 3 aromatic rings. The Hall–Kier alpha value is -3.43. The molecule has 0 fully saturated rings. The van der Waals surface area contributed by atoms with Gasteiger partial charge in [0.25, 0.3) is 5.69 Å².